The Morgan fingerprint density at radius 2 is 1.89 bits per heavy atom. The third-order valence-corrected chi connectivity index (χ3v) is 5.44. The summed E-state index contributed by atoms with van der Waals surface area (Å²) in [7, 11) is 1.48. The average Bonchev–Trinajstić information content (AvgIpc) is 2.87. The molecule has 2 heterocycles. The molecule has 0 aliphatic rings. The summed E-state index contributed by atoms with van der Waals surface area (Å²) in [6.45, 7) is 1.83. The number of aromatic nitrogens is 4. The molecule has 0 fully saturated rings. The molecule has 0 radical (unpaired) electrons. The number of fused-ring (bicyclic) bond motifs is 1. The van der Waals surface area contributed by atoms with E-state index < -0.39 is 35.0 Å². The van der Waals surface area contributed by atoms with Gasteiger partial charge in [-0.3, -0.25) is 18.7 Å². The SMILES string of the molecule is CCOC(NC(=O)c1ccc2c(c1)c(=O)n(Cc1ccc(F)c(F)c1)c(=O)n2C)c1ccnnc1. The summed E-state index contributed by atoms with van der Waals surface area (Å²) in [5.41, 5.74) is 0.0134. The number of amides is 1. The van der Waals surface area contributed by atoms with E-state index in [-0.39, 0.29) is 23.1 Å². The van der Waals surface area contributed by atoms with Crippen molar-refractivity contribution in [3.05, 3.63) is 104 Å². The number of carbonyl (C=O) groups excluding carboxylic acids is 1. The summed E-state index contributed by atoms with van der Waals surface area (Å²) in [6, 6.07) is 9.17. The number of nitrogens with zero attached hydrogens (tertiary/aromatic N) is 4. The van der Waals surface area contributed by atoms with Gasteiger partial charge in [-0.05, 0) is 48.9 Å². The lowest BCUT2D eigenvalue weighted by Gasteiger charge is -2.19. The average molecular weight is 481 g/mol. The van der Waals surface area contributed by atoms with Gasteiger partial charge in [0.15, 0.2) is 17.9 Å². The van der Waals surface area contributed by atoms with Crippen LogP contribution < -0.4 is 16.6 Å². The van der Waals surface area contributed by atoms with Crippen LogP contribution in [0.1, 0.15) is 34.6 Å². The zero-order valence-electron chi connectivity index (χ0n) is 18.9. The van der Waals surface area contributed by atoms with Gasteiger partial charge >= 0.3 is 5.69 Å². The molecule has 2 aromatic heterocycles. The van der Waals surface area contributed by atoms with Crippen LogP contribution in [0.15, 0.2) is 64.4 Å². The second-order valence-electron chi connectivity index (χ2n) is 7.70. The van der Waals surface area contributed by atoms with E-state index in [0.29, 0.717) is 17.7 Å². The molecule has 0 spiro atoms. The van der Waals surface area contributed by atoms with E-state index in [9.17, 15) is 23.2 Å². The summed E-state index contributed by atoms with van der Waals surface area (Å²) >= 11 is 0. The summed E-state index contributed by atoms with van der Waals surface area (Å²) in [5.74, 6) is -2.63. The maximum Gasteiger partial charge on any atom is 0.331 e. The van der Waals surface area contributed by atoms with Crippen molar-refractivity contribution in [3.63, 3.8) is 0 Å². The topological polar surface area (TPSA) is 108 Å². The van der Waals surface area contributed by atoms with Crippen molar-refractivity contribution in [1.82, 2.24) is 24.6 Å². The molecule has 4 rings (SSSR count). The molecule has 1 atom stereocenters. The van der Waals surface area contributed by atoms with Gasteiger partial charge in [-0.25, -0.2) is 13.6 Å². The summed E-state index contributed by atoms with van der Waals surface area (Å²) in [5, 5.41) is 10.4. The Morgan fingerprint density at radius 3 is 2.57 bits per heavy atom. The zero-order valence-corrected chi connectivity index (χ0v) is 18.9. The Balaban J connectivity index is 1.72. The number of hydrogen-bond acceptors (Lipinski definition) is 6. The minimum Gasteiger partial charge on any atom is -0.354 e. The van der Waals surface area contributed by atoms with Crippen LogP contribution in [-0.4, -0.2) is 31.8 Å². The Bertz CT molecular complexity index is 1520. The second-order valence-corrected chi connectivity index (χ2v) is 7.70. The number of rotatable bonds is 7. The first kappa shape index (κ1) is 23.9. The summed E-state index contributed by atoms with van der Waals surface area (Å²) in [4.78, 5) is 39.0. The largest absolute Gasteiger partial charge is 0.354 e. The number of aryl methyl sites for hydroxylation is 1. The monoisotopic (exact) mass is 481 g/mol. The van der Waals surface area contributed by atoms with Crippen LogP contribution in [0, 0.1) is 11.6 Å². The predicted octanol–water partition coefficient (Wildman–Crippen LogP) is 2.28. The predicted molar refractivity (Wildman–Crippen MR) is 123 cm³/mol. The van der Waals surface area contributed by atoms with Crippen molar-refractivity contribution in [3.8, 4) is 0 Å². The molecule has 11 heteroatoms. The normalized spacial score (nSPS) is 12.0. The van der Waals surface area contributed by atoms with Gasteiger partial charge in [0, 0.05) is 24.8 Å². The van der Waals surface area contributed by atoms with Crippen molar-refractivity contribution in [2.24, 2.45) is 7.05 Å². The van der Waals surface area contributed by atoms with Gasteiger partial charge in [0.2, 0.25) is 0 Å². The number of benzene rings is 2. The highest BCUT2D eigenvalue weighted by molar-refractivity contribution is 5.98. The fourth-order valence-corrected chi connectivity index (χ4v) is 3.66. The minimum atomic E-state index is -1.08. The van der Waals surface area contributed by atoms with E-state index in [0.717, 1.165) is 16.7 Å². The van der Waals surface area contributed by atoms with E-state index in [1.54, 1.807) is 13.0 Å². The quantitative estimate of drug-likeness (QED) is 0.406. The fourth-order valence-electron chi connectivity index (χ4n) is 3.66. The third-order valence-electron chi connectivity index (χ3n) is 5.44. The molecule has 35 heavy (non-hydrogen) atoms. The molecule has 4 aromatic rings. The molecule has 0 aliphatic heterocycles. The van der Waals surface area contributed by atoms with Crippen LogP contribution >= 0.6 is 0 Å². The second kappa shape index (κ2) is 9.94. The van der Waals surface area contributed by atoms with Crippen LogP contribution in [0.2, 0.25) is 0 Å². The molecule has 0 aliphatic carbocycles. The van der Waals surface area contributed by atoms with Crippen molar-refractivity contribution in [1.29, 1.82) is 0 Å². The van der Waals surface area contributed by atoms with Gasteiger partial charge in [-0.15, -0.1) is 0 Å². The van der Waals surface area contributed by atoms with E-state index in [2.05, 4.69) is 15.5 Å². The highest BCUT2D eigenvalue weighted by atomic mass is 19.2. The Hall–Kier alpha value is -4.25. The standard InChI is InChI=1S/C24H21F2N5O4/c1-3-35-22(16-8-9-27-28-12-16)29-21(32)15-5-7-20-17(11-15)23(33)31(24(34)30(20)2)13-14-4-6-18(25)19(26)10-14/h4-12,22H,3,13H2,1-2H3,(H,29,32). The minimum absolute atomic E-state index is 0.112. The van der Waals surface area contributed by atoms with Crippen LogP contribution in [-0.2, 0) is 18.3 Å². The maximum absolute atomic E-state index is 13.6. The van der Waals surface area contributed by atoms with Gasteiger partial charge in [-0.1, -0.05) is 6.07 Å². The maximum atomic E-state index is 13.6. The molecular formula is C24H21F2N5O4. The van der Waals surface area contributed by atoms with Crippen molar-refractivity contribution in [2.75, 3.05) is 6.61 Å². The molecule has 0 saturated carbocycles. The van der Waals surface area contributed by atoms with Crippen molar-refractivity contribution >= 4 is 16.8 Å². The molecule has 180 valence electrons. The zero-order chi connectivity index (χ0) is 25.1. The molecule has 1 unspecified atom stereocenters. The number of hydrogen-bond donors (Lipinski definition) is 1. The van der Waals surface area contributed by atoms with E-state index in [1.165, 1.54) is 48.3 Å². The van der Waals surface area contributed by atoms with Crippen molar-refractivity contribution < 1.29 is 18.3 Å². The first-order valence-electron chi connectivity index (χ1n) is 10.7. The summed E-state index contributed by atoms with van der Waals surface area (Å²) in [6.07, 6.45) is 2.15. The van der Waals surface area contributed by atoms with E-state index in [1.807, 2.05) is 0 Å². The van der Waals surface area contributed by atoms with Gasteiger partial charge in [0.05, 0.1) is 29.8 Å². The van der Waals surface area contributed by atoms with Crippen LogP contribution in [0.4, 0.5) is 8.78 Å². The first-order chi connectivity index (χ1) is 16.8. The fraction of sp³-hybridized carbons (Fsp3) is 0.208. The van der Waals surface area contributed by atoms with Gasteiger partial charge in [-0.2, -0.15) is 10.2 Å². The van der Waals surface area contributed by atoms with E-state index >= 15 is 0 Å². The number of carbonyl (C=O) groups is 1. The third kappa shape index (κ3) is 4.85. The number of nitrogens with one attached hydrogen (secondary N) is 1. The van der Waals surface area contributed by atoms with Gasteiger partial charge in [0.25, 0.3) is 11.5 Å². The Kier molecular flexibility index (Phi) is 6.78. The molecule has 0 saturated heterocycles. The molecule has 9 nitrogen and oxygen atoms in total. The molecule has 0 bridgehead atoms. The number of halogens is 2. The molecule has 2 aromatic carbocycles. The molecule has 1 amide bonds. The van der Waals surface area contributed by atoms with Gasteiger partial charge in [0.1, 0.15) is 0 Å². The van der Waals surface area contributed by atoms with Crippen LogP contribution in [0.3, 0.4) is 0 Å². The highest BCUT2D eigenvalue weighted by Crippen LogP contribution is 2.16. The Morgan fingerprint density at radius 1 is 1.09 bits per heavy atom. The molecule has 1 N–H and O–H groups in total. The lowest BCUT2D eigenvalue weighted by atomic mass is 10.1. The lowest BCUT2D eigenvalue weighted by Crippen LogP contribution is -2.39. The Labute approximate surface area is 197 Å². The lowest BCUT2D eigenvalue weighted by molar-refractivity contribution is 0.0334. The van der Waals surface area contributed by atoms with E-state index in [4.69, 9.17) is 4.74 Å². The highest BCUT2D eigenvalue weighted by Gasteiger charge is 2.19. The number of ether oxygens (including phenoxy) is 1. The van der Waals surface area contributed by atoms with Gasteiger partial charge < -0.3 is 10.1 Å². The molecular weight excluding hydrogens is 460 g/mol. The van der Waals surface area contributed by atoms with Crippen molar-refractivity contribution in [2.45, 2.75) is 19.7 Å². The smallest absolute Gasteiger partial charge is 0.331 e. The summed E-state index contributed by atoms with van der Waals surface area (Å²) < 4.78 is 34.7. The first-order valence-corrected chi connectivity index (χ1v) is 10.7. The van der Waals surface area contributed by atoms with Crippen LogP contribution in [0.25, 0.3) is 10.9 Å². The van der Waals surface area contributed by atoms with Crippen LogP contribution in [0.5, 0.6) is 0 Å².